The maximum Gasteiger partial charge on any atom is 0.335 e. The molecule has 0 radical (unpaired) electrons. The molecule has 1 heterocycles. The summed E-state index contributed by atoms with van der Waals surface area (Å²) in [5.74, 6) is -1.86. The van der Waals surface area contributed by atoms with Crippen molar-refractivity contribution in [2.75, 3.05) is 4.90 Å². The van der Waals surface area contributed by atoms with Gasteiger partial charge in [0, 0.05) is 0 Å². The van der Waals surface area contributed by atoms with Gasteiger partial charge in [-0.3, -0.25) is 14.9 Å². The van der Waals surface area contributed by atoms with Crippen LogP contribution >= 0.6 is 0 Å². The second kappa shape index (κ2) is 3.63. The molecule has 2 aliphatic rings. The van der Waals surface area contributed by atoms with Crippen LogP contribution in [0.3, 0.4) is 0 Å². The fourth-order valence-corrected chi connectivity index (χ4v) is 2.35. The van der Waals surface area contributed by atoms with E-state index in [-0.39, 0.29) is 5.69 Å². The Morgan fingerprint density at radius 3 is 2.53 bits per heavy atom. The number of carbonyl (C=O) groups excluding carboxylic acids is 3. The van der Waals surface area contributed by atoms with E-state index in [2.05, 4.69) is 5.32 Å². The number of benzene rings is 1. The average Bonchev–Trinajstić information content (AvgIpc) is 3.12. The summed E-state index contributed by atoms with van der Waals surface area (Å²) in [6.07, 6.45) is 0.796. The summed E-state index contributed by atoms with van der Waals surface area (Å²) in [4.78, 5) is 36.6. The standard InChI is InChI=1S/C13H11FN2O3/c1-7-3-2-4-8(14)9(7)16-11(18)13(5-6-13)10(17)15-12(16)19/h2-4H,5-6H2,1H3,(H,15,17,19). The second-order valence-corrected chi connectivity index (χ2v) is 4.89. The molecular weight excluding hydrogens is 251 g/mol. The Hall–Kier alpha value is -2.24. The van der Waals surface area contributed by atoms with Gasteiger partial charge in [0.15, 0.2) is 0 Å². The molecule has 1 aromatic rings. The zero-order chi connectivity index (χ0) is 13.8. The smallest absolute Gasteiger partial charge is 0.276 e. The fraction of sp³-hybridized carbons (Fsp3) is 0.308. The van der Waals surface area contributed by atoms with Gasteiger partial charge in [0.2, 0.25) is 5.91 Å². The zero-order valence-electron chi connectivity index (χ0n) is 10.2. The van der Waals surface area contributed by atoms with E-state index in [1.54, 1.807) is 13.0 Å². The van der Waals surface area contributed by atoms with Crippen LogP contribution in [0.2, 0.25) is 0 Å². The SMILES string of the molecule is Cc1cccc(F)c1N1C(=O)NC(=O)C2(CC2)C1=O. The Balaban J connectivity index is 2.12. The molecule has 1 spiro atoms. The van der Waals surface area contributed by atoms with E-state index in [0.717, 1.165) is 4.90 Å². The molecule has 98 valence electrons. The molecule has 1 aliphatic carbocycles. The summed E-state index contributed by atoms with van der Waals surface area (Å²) in [6, 6.07) is 3.40. The number of imide groups is 2. The predicted octanol–water partition coefficient (Wildman–Crippen LogP) is 1.50. The molecule has 3 rings (SSSR count). The van der Waals surface area contributed by atoms with Crippen molar-refractivity contribution in [1.82, 2.24) is 5.32 Å². The summed E-state index contributed by atoms with van der Waals surface area (Å²) >= 11 is 0. The Kier molecular flexibility index (Phi) is 2.26. The lowest BCUT2D eigenvalue weighted by Crippen LogP contribution is -2.59. The van der Waals surface area contributed by atoms with Crippen LogP contribution in [0.5, 0.6) is 0 Å². The van der Waals surface area contributed by atoms with Crippen LogP contribution in [0.15, 0.2) is 18.2 Å². The number of amides is 4. The van der Waals surface area contributed by atoms with Crippen molar-refractivity contribution in [3.05, 3.63) is 29.6 Å². The van der Waals surface area contributed by atoms with Crippen molar-refractivity contribution in [2.24, 2.45) is 5.41 Å². The highest BCUT2D eigenvalue weighted by molar-refractivity contribution is 6.31. The molecule has 0 unspecified atom stereocenters. The molecule has 19 heavy (non-hydrogen) atoms. The van der Waals surface area contributed by atoms with Gasteiger partial charge in [-0.25, -0.2) is 14.1 Å². The first-order valence-corrected chi connectivity index (χ1v) is 5.92. The largest absolute Gasteiger partial charge is 0.335 e. The lowest BCUT2D eigenvalue weighted by molar-refractivity contribution is -0.136. The summed E-state index contributed by atoms with van der Waals surface area (Å²) in [7, 11) is 0. The van der Waals surface area contributed by atoms with E-state index >= 15 is 0 Å². The number of aryl methyl sites for hydroxylation is 1. The first-order valence-electron chi connectivity index (χ1n) is 5.92. The van der Waals surface area contributed by atoms with Crippen LogP contribution in [0.1, 0.15) is 18.4 Å². The van der Waals surface area contributed by atoms with E-state index in [0.29, 0.717) is 18.4 Å². The number of hydrogen-bond acceptors (Lipinski definition) is 3. The minimum absolute atomic E-state index is 0.0798. The maximum absolute atomic E-state index is 13.9. The normalized spacial score (nSPS) is 20.7. The summed E-state index contributed by atoms with van der Waals surface area (Å²) in [5, 5.41) is 2.13. The predicted molar refractivity (Wildman–Crippen MR) is 63.8 cm³/mol. The monoisotopic (exact) mass is 262 g/mol. The number of nitrogens with one attached hydrogen (secondary N) is 1. The minimum atomic E-state index is -1.16. The van der Waals surface area contributed by atoms with Gasteiger partial charge in [0.25, 0.3) is 5.91 Å². The van der Waals surface area contributed by atoms with Gasteiger partial charge in [-0.15, -0.1) is 0 Å². The molecule has 0 aromatic heterocycles. The number of urea groups is 1. The maximum atomic E-state index is 13.9. The van der Waals surface area contributed by atoms with Gasteiger partial charge >= 0.3 is 6.03 Å². The third-order valence-electron chi connectivity index (χ3n) is 3.63. The highest BCUT2D eigenvalue weighted by Crippen LogP contribution is 2.50. The fourth-order valence-electron chi connectivity index (χ4n) is 2.35. The van der Waals surface area contributed by atoms with Gasteiger partial charge in [-0.1, -0.05) is 12.1 Å². The first kappa shape index (κ1) is 11.8. The third-order valence-corrected chi connectivity index (χ3v) is 3.63. The Morgan fingerprint density at radius 1 is 1.26 bits per heavy atom. The van der Waals surface area contributed by atoms with Crippen LogP contribution in [-0.4, -0.2) is 17.8 Å². The Labute approximate surface area is 108 Å². The zero-order valence-corrected chi connectivity index (χ0v) is 10.2. The van der Waals surface area contributed by atoms with Crippen molar-refractivity contribution < 1.29 is 18.8 Å². The van der Waals surface area contributed by atoms with Gasteiger partial charge in [-0.05, 0) is 31.4 Å². The lowest BCUT2D eigenvalue weighted by atomic mass is 10.0. The Bertz CT molecular complexity index is 602. The molecule has 5 nitrogen and oxygen atoms in total. The summed E-state index contributed by atoms with van der Waals surface area (Å²) < 4.78 is 13.9. The van der Waals surface area contributed by atoms with Crippen molar-refractivity contribution in [3.8, 4) is 0 Å². The molecule has 1 N–H and O–H groups in total. The van der Waals surface area contributed by atoms with Crippen LogP contribution in [0.25, 0.3) is 0 Å². The first-order chi connectivity index (χ1) is 8.97. The average molecular weight is 262 g/mol. The molecule has 6 heteroatoms. The van der Waals surface area contributed by atoms with Crippen LogP contribution < -0.4 is 10.2 Å². The quantitative estimate of drug-likeness (QED) is 0.780. The number of carbonyl (C=O) groups is 3. The highest BCUT2D eigenvalue weighted by atomic mass is 19.1. The van der Waals surface area contributed by atoms with E-state index in [9.17, 15) is 18.8 Å². The molecule has 1 aliphatic heterocycles. The van der Waals surface area contributed by atoms with E-state index in [1.807, 2.05) is 0 Å². The van der Waals surface area contributed by atoms with Crippen molar-refractivity contribution in [3.63, 3.8) is 0 Å². The van der Waals surface area contributed by atoms with Gasteiger partial charge < -0.3 is 0 Å². The minimum Gasteiger partial charge on any atom is -0.276 e. The van der Waals surface area contributed by atoms with Crippen LogP contribution in [0, 0.1) is 18.2 Å². The van der Waals surface area contributed by atoms with Crippen molar-refractivity contribution in [1.29, 1.82) is 0 Å². The molecule has 0 bridgehead atoms. The van der Waals surface area contributed by atoms with Gasteiger partial charge in [0.1, 0.15) is 11.2 Å². The van der Waals surface area contributed by atoms with Gasteiger partial charge in [-0.2, -0.15) is 0 Å². The topological polar surface area (TPSA) is 66.5 Å². The number of rotatable bonds is 1. The Morgan fingerprint density at radius 2 is 1.95 bits per heavy atom. The summed E-state index contributed by atoms with van der Waals surface area (Å²) in [5.41, 5.74) is -0.778. The highest BCUT2D eigenvalue weighted by Gasteiger charge is 2.62. The molecule has 1 saturated carbocycles. The number of para-hydroxylation sites is 1. The number of halogens is 1. The number of nitrogens with zero attached hydrogens (tertiary/aromatic N) is 1. The number of barbiturate groups is 1. The number of anilines is 1. The third kappa shape index (κ3) is 1.49. The van der Waals surface area contributed by atoms with Crippen LogP contribution in [0.4, 0.5) is 14.9 Å². The van der Waals surface area contributed by atoms with E-state index < -0.39 is 29.1 Å². The molecule has 4 amide bonds. The molecule has 1 aromatic carbocycles. The van der Waals surface area contributed by atoms with Crippen molar-refractivity contribution in [2.45, 2.75) is 19.8 Å². The molecule has 1 saturated heterocycles. The molecular formula is C13H11FN2O3. The van der Waals surface area contributed by atoms with Gasteiger partial charge in [0.05, 0.1) is 5.69 Å². The summed E-state index contributed by atoms with van der Waals surface area (Å²) in [6.45, 7) is 1.61. The van der Waals surface area contributed by atoms with E-state index in [4.69, 9.17) is 0 Å². The molecule has 0 atom stereocenters. The second-order valence-electron chi connectivity index (χ2n) is 4.89. The molecule has 2 fully saturated rings. The van der Waals surface area contributed by atoms with E-state index in [1.165, 1.54) is 12.1 Å². The lowest BCUT2D eigenvalue weighted by Gasteiger charge is -2.31. The number of hydrogen-bond donors (Lipinski definition) is 1. The van der Waals surface area contributed by atoms with Crippen molar-refractivity contribution >= 4 is 23.5 Å². The van der Waals surface area contributed by atoms with Crippen LogP contribution in [-0.2, 0) is 9.59 Å².